The van der Waals surface area contributed by atoms with Crippen LogP contribution in [0.25, 0.3) is 0 Å². The van der Waals surface area contributed by atoms with Crippen molar-refractivity contribution in [3.05, 3.63) is 35.9 Å². The van der Waals surface area contributed by atoms with E-state index in [1.54, 1.807) is 0 Å². The number of benzene rings is 1. The zero-order chi connectivity index (χ0) is 18.4. The van der Waals surface area contributed by atoms with Crippen molar-refractivity contribution in [2.24, 2.45) is 11.3 Å². The Labute approximate surface area is 147 Å². The third-order valence-electron chi connectivity index (χ3n) is 4.94. The lowest BCUT2D eigenvalue weighted by Gasteiger charge is -2.33. The molecule has 0 spiro atoms. The van der Waals surface area contributed by atoms with Crippen LogP contribution in [0.4, 0.5) is 0 Å². The molecule has 0 saturated heterocycles. The van der Waals surface area contributed by atoms with Crippen LogP contribution in [0.1, 0.15) is 31.7 Å². The van der Waals surface area contributed by atoms with Crippen LogP contribution in [-0.4, -0.2) is 38.0 Å². The third-order valence-corrected chi connectivity index (χ3v) is 4.94. The predicted molar refractivity (Wildman–Crippen MR) is 89.5 cm³/mol. The highest BCUT2D eigenvalue weighted by atomic mass is 16.5. The SMILES string of the molecule is COC(=O)C[C@@]1(C(=O)OC)C(=O)CC[C@@H]1[C@@H](C)OCc1ccccc1. The fourth-order valence-electron chi connectivity index (χ4n) is 3.57. The van der Waals surface area contributed by atoms with Crippen LogP contribution < -0.4 is 0 Å². The van der Waals surface area contributed by atoms with Gasteiger partial charge in [0.2, 0.25) is 0 Å². The summed E-state index contributed by atoms with van der Waals surface area (Å²) < 4.78 is 15.5. The first-order chi connectivity index (χ1) is 12.0. The molecule has 0 radical (unpaired) electrons. The minimum Gasteiger partial charge on any atom is -0.469 e. The molecular formula is C19H24O6. The van der Waals surface area contributed by atoms with Crippen molar-refractivity contribution >= 4 is 17.7 Å². The fourth-order valence-corrected chi connectivity index (χ4v) is 3.57. The van der Waals surface area contributed by atoms with Gasteiger partial charge in [-0.05, 0) is 18.9 Å². The number of carbonyl (C=O) groups is 3. The summed E-state index contributed by atoms with van der Waals surface area (Å²) in [5.41, 5.74) is -0.534. The van der Waals surface area contributed by atoms with E-state index in [0.717, 1.165) is 5.56 Å². The molecule has 0 heterocycles. The van der Waals surface area contributed by atoms with E-state index in [0.29, 0.717) is 13.0 Å². The zero-order valence-corrected chi connectivity index (χ0v) is 14.8. The molecule has 25 heavy (non-hydrogen) atoms. The quantitative estimate of drug-likeness (QED) is 0.556. The van der Waals surface area contributed by atoms with E-state index >= 15 is 0 Å². The molecule has 1 saturated carbocycles. The van der Waals surface area contributed by atoms with Gasteiger partial charge in [-0.2, -0.15) is 0 Å². The molecule has 1 aliphatic rings. The minimum absolute atomic E-state index is 0.218. The van der Waals surface area contributed by atoms with Gasteiger partial charge in [0.25, 0.3) is 0 Å². The van der Waals surface area contributed by atoms with Crippen LogP contribution in [0, 0.1) is 11.3 Å². The van der Waals surface area contributed by atoms with Crippen LogP contribution in [0.5, 0.6) is 0 Å². The number of rotatable bonds is 7. The van der Waals surface area contributed by atoms with Crippen molar-refractivity contribution in [1.29, 1.82) is 0 Å². The highest BCUT2D eigenvalue weighted by Crippen LogP contribution is 2.47. The molecule has 0 bridgehead atoms. The van der Waals surface area contributed by atoms with Crippen LogP contribution >= 0.6 is 0 Å². The largest absolute Gasteiger partial charge is 0.469 e. The van der Waals surface area contributed by atoms with E-state index in [1.807, 2.05) is 37.3 Å². The molecule has 1 aromatic rings. The van der Waals surface area contributed by atoms with Gasteiger partial charge in [0, 0.05) is 12.3 Å². The summed E-state index contributed by atoms with van der Waals surface area (Å²) in [6.45, 7) is 2.18. The minimum atomic E-state index is -1.53. The number of carbonyl (C=O) groups excluding carboxylic acids is 3. The van der Waals surface area contributed by atoms with Crippen molar-refractivity contribution in [2.75, 3.05) is 14.2 Å². The first kappa shape index (κ1) is 19.1. The van der Waals surface area contributed by atoms with Crippen molar-refractivity contribution < 1.29 is 28.6 Å². The summed E-state index contributed by atoms with van der Waals surface area (Å²) >= 11 is 0. The Morgan fingerprint density at radius 3 is 2.48 bits per heavy atom. The number of ether oxygens (including phenoxy) is 3. The second kappa shape index (κ2) is 8.25. The summed E-state index contributed by atoms with van der Waals surface area (Å²) in [6, 6.07) is 9.63. The maximum absolute atomic E-state index is 12.6. The summed E-state index contributed by atoms with van der Waals surface area (Å²) in [7, 11) is 2.45. The number of hydrogen-bond acceptors (Lipinski definition) is 6. The van der Waals surface area contributed by atoms with Gasteiger partial charge in [0.05, 0.1) is 33.4 Å². The Hall–Kier alpha value is -2.21. The molecule has 1 aliphatic carbocycles. The molecule has 1 fully saturated rings. The maximum Gasteiger partial charge on any atom is 0.320 e. The molecule has 2 rings (SSSR count). The number of methoxy groups -OCH3 is 2. The van der Waals surface area contributed by atoms with Crippen LogP contribution in [0.15, 0.2) is 30.3 Å². The molecule has 1 aromatic carbocycles. The van der Waals surface area contributed by atoms with Crippen LogP contribution in [-0.2, 0) is 35.2 Å². The van der Waals surface area contributed by atoms with Gasteiger partial charge >= 0.3 is 11.9 Å². The van der Waals surface area contributed by atoms with E-state index < -0.39 is 29.4 Å². The van der Waals surface area contributed by atoms with E-state index in [9.17, 15) is 14.4 Å². The number of ketones is 1. The molecule has 6 heteroatoms. The topological polar surface area (TPSA) is 78.9 Å². The van der Waals surface area contributed by atoms with Gasteiger partial charge in [0.1, 0.15) is 5.41 Å². The number of esters is 2. The maximum atomic E-state index is 12.6. The van der Waals surface area contributed by atoms with Crippen molar-refractivity contribution in [1.82, 2.24) is 0 Å². The van der Waals surface area contributed by atoms with E-state index in [-0.39, 0.29) is 18.6 Å². The van der Waals surface area contributed by atoms with Crippen molar-refractivity contribution in [2.45, 2.75) is 38.9 Å². The number of Topliss-reactive ketones (excluding diaryl/α,β-unsaturated/α-hetero) is 1. The van der Waals surface area contributed by atoms with E-state index in [4.69, 9.17) is 14.2 Å². The first-order valence-electron chi connectivity index (χ1n) is 8.29. The first-order valence-corrected chi connectivity index (χ1v) is 8.29. The molecule has 3 atom stereocenters. The molecule has 136 valence electrons. The third kappa shape index (κ3) is 3.90. The monoisotopic (exact) mass is 348 g/mol. The fraction of sp³-hybridized carbons (Fsp3) is 0.526. The molecular weight excluding hydrogens is 324 g/mol. The summed E-state index contributed by atoms with van der Waals surface area (Å²) in [5.74, 6) is -2.03. The zero-order valence-electron chi connectivity index (χ0n) is 14.8. The molecule has 0 unspecified atom stereocenters. The van der Waals surface area contributed by atoms with Crippen LogP contribution in [0.3, 0.4) is 0 Å². The molecule has 0 N–H and O–H groups in total. The van der Waals surface area contributed by atoms with Gasteiger partial charge in [-0.25, -0.2) is 0 Å². The summed E-state index contributed by atoms with van der Waals surface area (Å²) in [4.78, 5) is 36.9. The molecule has 6 nitrogen and oxygen atoms in total. The highest BCUT2D eigenvalue weighted by molar-refractivity contribution is 6.08. The van der Waals surface area contributed by atoms with Gasteiger partial charge in [-0.1, -0.05) is 30.3 Å². The Balaban J connectivity index is 2.21. The van der Waals surface area contributed by atoms with Gasteiger partial charge in [0.15, 0.2) is 5.78 Å². The molecule has 0 aliphatic heterocycles. The average molecular weight is 348 g/mol. The number of hydrogen-bond donors (Lipinski definition) is 0. The van der Waals surface area contributed by atoms with Crippen molar-refractivity contribution in [3.63, 3.8) is 0 Å². The average Bonchev–Trinajstić information content (AvgIpc) is 2.97. The normalized spacial score (nSPS) is 24.0. The van der Waals surface area contributed by atoms with Crippen LogP contribution in [0.2, 0.25) is 0 Å². The van der Waals surface area contributed by atoms with Gasteiger partial charge in [-0.15, -0.1) is 0 Å². The summed E-state index contributed by atoms with van der Waals surface area (Å²) in [5, 5.41) is 0. The second-order valence-corrected chi connectivity index (χ2v) is 6.29. The standard InChI is InChI=1S/C19H24O6/c1-13(25-12-14-7-5-4-6-8-14)15-9-10-16(20)19(15,18(22)24-3)11-17(21)23-2/h4-8,13,15H,9-12H2,1-3H3/t13-,15-,19+/m1/s1. The summed E-state index contributed by atoms with van der Waals surface area (Å²) in [6.07, 6.45) is -0.0227. The molecule has 0 amide bonds. The Bertz CT molecular complexity index is 626. The van der Waals surface area contributed by atoms with E-state index in [2.05, 4.69) is 0 Å². The predicted octanol–water partition coefficient (Wildman–Crippen LogP) is 2.29. The lowest BCUT2D eigenvalue weighted by atomic mass is 9.72. The Morgan fingerprint density at radius 2 is 1.88 bits per heavy atom. The Morgan fingerprint density at radius 1 is 1.20 bits per heavy atom. The van der Waals surface area contributed by atoms with Gasteiger partial charge in [-0.3, -0.25) is 14.4 Å². The molecule has 0 aromatic heterocycles. The second-order valence-electron chi connectivity index (χ2n) is 6.29. The lowest BCUT2D eigenvalue weighted by Crippen LogP contribution is -2.47. The smallest absolute Gasteiger partial charge is 0.320 e. The van der Waals surface area contributed by atoms with E-state index in [1.165, 1.54) is 14.2 Å². The highest BCUT2D eigenvalue weighted by Gasteiger charge is 2.59. The Kier molecular flexibility index (Phi) is 6.31. The van der Waals surface area contributed by atoms with Crippen molar-refractivity contribution in [3.8, 4) is 0 Å². The van der Waals surface area contributed by atoms with Gasteiger partial charge < -0.3 is 14.2 Å². The lowest BCUT2D eigenvalue weighted by molar-refractivity contribution is -0.169.